The zero-order valence-electron chi connectivity index (χ0n) is 21.6. The van der Waals surface area contributed by atoms with Crippen LogP contribution in [0, 0.1) is 17.3 Å². The second kappa shape index (κ2) is 8.95. The number of likely N-dealkylation sites (N-methyl/N-ethyl adjacent to an activating group) is 1. The van der Waals surface area contributed by atoms with Crippen LogP contribution in [0.1, 0.15) is 25.7 Å². The minimum absolute atomic E-state index is 0.156. The summed E-state index contributed by atoms with van der Waals surface area (Å²) in [6, 6.07) is 0. The summed E-state index contributed by atoms with van der Waals surface area (Å²) in [6.07, 6.45) is 13.6. The maximum Gasteiger partial charge on any atom is 0.399 e. The van der Waals surface area contributed by atoms with E-state index in [1.54, 1.807) is 13.1 Å². The van der Waals surface area contributed by atoms with E-state index in [-0.39, 0.29) is 5.91 Å². The van der Waals surface area contributed by atoms with Gasteiger partial charge in [0.05, 0.1) is 33.0 Å². The molecule has 1 aliphatic carbocycles. The molecule has 0 bridgehead atoms. The lowest BCUT2D eigenvalue weighted by atomic mass is 9.90. The van der Waals surface area contributed by atoms with Crippen molar-refractivity contribution < 1.29 is 18.6 Å². The van der Waals surface area contributed by atoms with Gasteiger partial charge in [-0.1, -0.05) is 18.7 Å². The Hall–Kier alpha value is -2.35. The van der Waals surface area contributed by atoms with Gasteiger partial charge in [0.1, 0.15) is 18.8 Å². The summed E-state index contributed by atoms with van der Waals surface area (Å²) in [5.41, 5.74) is 3.58. The quantitative estimate of drug-likeness (QED) is 0.264. The molecule has 1 N–H and O–H groups in total. The molecule has 5 aliphatic rings. The Balaban J connectivity index is 1.17. The van der Waals surface area contributed by atoms with Crippen molar-refractivity contribution in [1.29, 1.82) is 0 Å². The molecular formula is C28H41N5O2+2. The van der Waals surface area contributed by atoms with Gasteiger partial charge in [-0.15, -0.1) is 0 Å². The van der Waals surface area contributed by atoms with E-state index in [9.17, 15) is 9.59 Å². The van der Waals surface area contributed by atoms with Crippen molar-refractivity contribution >= 4 is 17.5 Å². The van der Waals surface area contributed by atoms with Crippen LogP contribution in [-0.4, -0.2) is 98.3 Å². The number of piperidine rings is 1. The van der Waals surface area contributed by atoms with E-state index in [2.05, 4.69) is 43.1 Å². The second-order valence-electron chi connectivity index (χ2n) is 11.7. The smallest absolute Gasteiger partial charge is 0.342 e. The number of aliphatic imine (C=N–C) groups is 1. The van der Waals surface area contributed by atoms with Crippen LogP contribution < -0.4 is 5.32 Å². The Labute approximate surface area is 209 Å². The molecule has 2 saturated heterocycles. The summed E-state index contributed by atoms with van der Waals surface area (Å²) in [7, 11) is 5.93. The van der Waals surface area contributed by atoms with Gasteiger partial charge in [0.25, 0.3) is 0 Å². The summed E-state index contributed by atoms with van der Waals surface area (Å²) in [4.78, 5) is 32.8. The monoisotopic (exact) mass is 479 g/mol. The molecule has 1 saturated carbocycles. The second-order valence-corrected chi connectivity index (χ2v) is 11.7. The summed E-state index contributed by atoms with van der Waals surface area (Å²) >= 11 is 0. The van der Waals surface area contributed by atoms with Crippen molar-refractivity contribution in [3.8, 4) is 0 Å². The van der Waals surface area contributed by atoms with Crippen molar-refractivity contribution in [2.45, 2.75) is 25.7 Å². The number of amides is 2. The third kappa shape index (κ3) is 4.39. The molecule has 7 nitrogen and oxygen atoms in total. The number of hydrogen-bond donors (Lipinski definition) is 1. The Morgan fingerprint density at radius 3 is 2.71 bits per heavy atom. The van der Waals surface area contributed by atoms with E-state index in [4.69, 9.17) is 0 Å². The Morgan fingerprint density at radius 1 is 1.31 bits per heavy atom. The van der Waals surface area contributed by atoms with Crippen LogP contribution >= 0.6 is 0 Å². The SMILES string of the molecule is C=CC=CC(CC(=O)N1CCC2(CC1)CC2C[N+](C)(C)C(=O)C1=CC2CNCC=C2[N+]12CC2)=NC. The summed E-state index contributed by atoms with van der Waals surface area (Å²) in [6.45, 7) is 10.2. The number of carbonyl (C=O) groups excluding carboxylic acids is 2. The lowest BCUT2D eigenvalue weighted by Gasteiger charge is -2.34. The van der Waals surface area contributed by atoms with Crippen molar-refractivity contribution in [3.05, 3.63) is 48.4 Å². The van der Waals surface area contributed by atoms with Crippen molar-refractivity contribution in [3.63, 3.8) is 0 Å². The van der Waals surface area contributed by atoms with Crippen molar-refractivity contribution in [2.75, 3.05) is 67.0 Å². The van der Waals surface area contributed by atoms with E-state index < -0.39 is 0 Å². The molecule has 35 heavy (non-hydrogen) atoms. The molecule has 4 aliphatic heterocycles. The largest absolute Gasteiger partial charge is 0.399 e. The van der Waals surface area contributed by atoms with Gasteiger partial charge >= 0.3 is 5.91 Å². The highest BCUT2D eigenvalue weighted by Gasteiger charge is 2.63. The molecule has 0 aromatic heterocycles. The number of allylic oxidation sites excluding steroid dienone is 3. The Morgan fingerprint density at radius 2 is 2.06 bits per heavy atom. The molecule has 0 radical (unpaired) electrons. The summed E-state index contributed by atoms with van der Waals surface area (Å²) < 4.78 is 1.26. The van der Waals surface area contributed by atoms with E-state index in [1.165, 1.54) is 12.1 Å². The first-order valence-corrected chi connectivity index (χ1v) is 13.2. The molecule has 5 rings (SSSR count). The van der Waals surface area contributed by atoms with Gasteiger partial charge in [-0.25, -0.2) is 9.28 Å². The number of quaternary nitrogens is 2. The van der Waals surface area contributed by atoms with Crippen LogP contribution in [0.15, 0.2) is 53.3 Å². The molecule has 188 valence electrons. The molecular weight excluding hydrogens is 438 g/mol. The summed E-state index contributed by atoms with van der Waals surface area (Å²) in [5.74, 6) is 1.40. The van der Waals surface area contributed by atoms with E-state index >= 15 is 0 Å². The van der Waals surface area contributed by atoms with Crippen LogP contribution in [-0.2, 0) is 9.59 Å². The summed E-state index contributed by atoms with van der Waals surface area (Å²) in [5, 5.41) is 3.45. The number of hydrogen-bond acceptors (Lipinski definition) is 4. The van der Waals surface area contributed by atoms with Gasteiger partial charge in [0.2, 0.25) is 11.6 Å². The number of fused-ring (bicyclic) bond motifs is 2. The number of rotatable bonds is 7. The minimum Gasteiger partial charge on any atom is -0.342 e. The molecule has 3 fully saturated rings. The average Bonchev–Trinajstić information content (AvgIpc) is 3.74. The fourth-order valence-electron chi connectivity index (χ4n) is 6.74. The van der Waals surface area contributed by atoms with Crippen LogP contribution in [0.4, 0.5) is 0 Å². The van der Waals surface area contributed by atoms with Gasteiger partial charge in [0.15, 0.2) is 0 Å². The Kier molecular flexibility index (Phi) is 6.22. The highest BCUT2D eigenvalue weighted by Crippen LogP contribution is 2.60. The van der Waals surface area contributed by atoms with Crippen LogP contribution in [0.2, 0.25) is 0 Å². The molecule has 0 aromatic rings. The first kappa shape index (κ1) is 24.3. The van der Waals surface area contributed by atoms with Crippen LogP contribution in [0.5, 0.6) is 0 Å². The van der Waals surface area contributed by atoms with Crippen LogP contribution in [0.25, 0.3) is 0 Å². The van der Waals surface area contributed by atoms with Crippen molar-refractivity contribution in [1.82, 2.24) is 10.2 Å². The predicted molar refractivity (Wildman–Crippen MR) is 138 cm³/mol. The highest BCUT2D eigenvalue weighted by molar-refractivity contribution is 6.07. The standard InChI is InChI=1S/C28H41N5O2/c1-5-6-7-23(29-2)17-26(34)31-12-9-28(10-13-31)18-22(28)20-32(3,4)27(35)25-16-21-19-30-11-8-24(21)33(25)14-15-33/h5-8,16,21-22,30H,1,9-15,17-20H2,2-4H3/q+2. The topological polar surface area (TPSA) is 61.8 Å². The van der Waals surface area contributed by atoms with Crippen LogP contribution in [0.3, 0.4) is 0 Å². The zero-order valence-corrected chi connectivity index (χ0v) is 21.6. The van der Waals surface area contributed by atoms with E-state index in [0.717, 1.165) is 74.5 Å². The predicted octanol–water partition coefficient (Wildman–Crippen LogP) is 2.25. The molecule has 2 spiro atoms. The first-order chi connectivity index (χ1) is 16.7. The third-order valence-electron chi connectivity index (χ3n) is 9.15. The maximum atomic E-state index is 13.8. The molecule has 0 aromatic carbocycles. The molecule has 7 heteroatoms. The Bertz CT molecular complexity index is 1040. The van der Waals surface area contributed by atoms with Gasteiger partial charge in [-0.05, 0) is 36.8 Å². The maximum absolute atomic E-state index is 13.8. The van der Waals surface area contributed by atoms with E-state index in [1.807, 2.05) is 17.1 Å². The number of nitrogens with zero attached hydrogens (tertiary/aromatic N) is 4. The molecule has 4 heterocycles. The normalized spacial score (nSPS) is 28.7. The fourth-order valence-corrected chi connectivity index (χ4v) is 6.74. The number of carbonyl (C=O) groups is 2. The van der Waals surface area contributed by atoms with Gasteiger partial charge in [0, 0.05) is 50.9 Å². The van der Waals surface area contributed by atoms with E-state index in [0.29, 0.717) is 34.1 Å². The number of nitrogens with one attached hydrogen (secondary N) is 1. The first-order valence-electron chi connectivity index (χ1n) is 13.2. The van der Waals surface area contributed by atoms with Crippen molar-refractivity contribution in [2.24, 2.45) is 22.2 Å². The van der Waals surface area contributed by atoms with Gasteiger partial charge in [-0.2, -0.15) is 0 Å². The van der Waals surface area contributed by atoms with Gasteiger partial charge in [-0.3, -0.25) is 14.3 Å². The molecule has 2 atom stereocenters. The number of likely N-dealkylation sites (tertiary alicyclic amines) is 1. The molecule has 2 unspecified atom stereocenters. The highest BCUT2D eigenvalue weighted by atomic mass is 16.2. The zero-order chi connectivity index (χ0) is 24.8. The fraction of sp³-hybridized carbons (Fsp3) is 0.607. The third-order valence-corrected chi connectivity index (χ3v) is 9.15. The minimum atomic E-state index is 0.156. The lowest BCUT2D eigenvalue weighted by Crippen LogP contribution is -2.51. The average molecular weight is 480 g/mol. The van der Waals surface area contributed by atoms with Gasteiger partial charge < -0.3 is 10.2 Å². The molecule has 2 amide bonds. The lowest BCUT2D eigenvalue weighted by molar-refractivity contribution is -0.824.